The minimum atomic E-state index is -0.473. The molecule has 5 rings (SSSR count). The standard InChI is InChI=1S/C35H37ClN6O4/c1-23(25-12-9-11-24(17-25)18-28(43)15-10-16-40(2)3)42-33-26(21-37-34(39-33)38-27-13-7-6-8-14-27)22-41(35(42)44)30-19-29(45-4)20-31(46-5)32(30)36/h6-15,17,19-21,23H,16,18,22H2,1-5H3,(H,37,38,39)/b15-10+. The van der Waals surface area contributed by atoms with Crippen LogP contribution in [0.4, 0.5) is 27.9 Å². The van der Waals surface area contributed by atoms with Crippen molar-refractivity contribution in [3.8, 4) is 11.5 Å². The number of likely N-dealkylation sites (N-methyl/N-ethyl adjacent to an activating group) is 1. The molecule has 1 atom stereocenters. The van der Waals surface area contributed by atoms with Gasteiger partial charge >= 0.3 is 6.03 Å². The molecule has 0 saturated carbocycles. The van der Waals surface area contributed by atoms with Gasteiger partial charge in [0.05, 0.1) is 32.5 Å². The van der Waals surface area contributed by atoms with E-state index in [9.17, 15) is 9.59 Å². The number of nitrogens with one attached hydrogen (secondary N) is 1. The molecule has 1 aliphatic rings. The third-order valence-corrected chi connectivity index (χ3v) is 7.96. The van der Waals surface area contributed by atoms with Gasteiger partial charge in [-0.2, -0.15) is 4.98 Å². The number of benzene rings is 3. The zero-order valence-electron chi connectivity index (χ0n) is 26.5. The van der Waals surface area contributed by atoms with Crippen LogP contribution in [0.3, 0.4) is 0 Å². The van der Waals surface area contributed by atoms with Gasteiger partial charge in [0.1, 0.15) is 22.3 Å². The molecule has 0 saturated heterocycles. The van der Waals surface area contributed by atoms with Crippen LogP contribution < -0.4 is 24.6 Å². The third-order valence-electron chi connectivity index (χ3n) is 7.58. The van der Waals surface area contributed by atoms with E-state index in [1.807, 2.05) is 86.6 Å². The average molecular weight is 641 g/mol. The second kappa shape index (κ2) is 14.4. The topological polar surface area (TPSA) is 100 Å². The van der Waals surface area contributed by atoms with Gasteiger partial charge in [-0.25, -0.2) is 9.78 Å². The second-order valence-electron chi connectivity index (χ2n) is 11.2. The number of carbonyl (C=O) groups excluding carboxylic acids is 2. The second-order valence-corrected chi connectivity index (χ2v) is 11.5. The van der Waals surface area contributed by atoms with Gasteiger partial charge in [0.2, 0.25) is 5.95 Å². The molecule has 11 heteroatoms. The molecular formula is C35H37ClN6O4. The first-order valence-corrected chi connectivity index (χ1v) is 15.2. The fourth-order valence-electron chi connectivity index (χ4n) is 5.21. The molecular weight excluding hydrogens is 604 g/mol. The SMILES string of the molecule is COc1cc(OC)c(Cl)c(N2Cc3cnc(Nc4ccccc4)nc3N(C(C)c3cccc(CC(=O)/C=C/CN(C)C)c3)C2=O)c1. The number of hydrogen-bond acceptors (Lipinski definition) is 8. The molecule has 2 amide bonds. The highest BCUT2D eigenvalue weighted by Gasteiger charge is 2.38. The van der Waals surface area contributed by atoms with Crippen LogP contribution in [0.25, 0.3) is 0 Å². The van der Waals surface area contributed by atoms with Crippen LogP contribution in [0.2, 0.25) is 5.02 Å². The van der Waals surface area contributed by atoms with Gasteiger partial charge in [0, 0.05) is 42.5 Å². The monoisotopic (exact) mass is 640 g/mol. The number of halogens is 1. The normalized spacial score (nSPS) is 13.6. The first-order valence-electron chi connectivity index (χ1n) is 14.8. The zero-order valence-corrected chi connectivity index (χ0v) is 27.3. The van der Waals surface area contributed by atoms with Crippen LogP contribution >= 0.6 is 11.6 Å². The Hall–Kier alpha value is -4.93. The number of amides is 2. The van der Waals surface area contributed by atoms with E-state index in [0.29, 0.717) is 35.5 Å². The van der Waals surface area contributed by atoms with Gasteiger partial charge in [-0.1, -0.05) is 60.1 Å². The minimum Gasteiger partial charge on any atom is -0.497 e. The van der Waals surface area contributed by atoms with E-state index in [1.54, 1.807) is 41.3 Å². The van der Waals surface area contributed by atoms with Crippen molar-refractivity contribution in [3.05, 3.63) is 107 Å². The van der Waals surface area contributed by atoms with E-state index in [0.717, 1.165) is 22.4 Å². The molecule has 1 N–H and O–H groups in total. The molecule has 1 unspecified atom stereocenters. The van der Waals surface area contributed by atoms with Gasteiger partial charge in [-0.05, 0) is 50.4 Å². The quantitative estimate of drug-likeness (QED) is 0.168. The van der Waals surface area contributed by atoms with Crippen LogP contribution in [-0.4, -0.2) is 61.5 Å². The lowest BCUT2D eigenvalue weighted by Gasteiger charge is -2.39. The summed E-state index contributed by atoms with van der Waals surface area (Å²) < 4.78 is 11.0. The molecule has 10 nitrogen and oxygen atoms in total. The Morgan fingerprint density at radius 1 is 1.09 bits per heavy atom. The molecule has 2 heterocycles. The Bertz CT molecular complexity index is 1750. The Kier molecular flexibility index (Phi) is 10.2. The van der Waals surface area contributed by atoms with Crippen molar-refractivity contribution in [1.82, 2.24) is 14.9 Å². The fourth-order valence-corrected chi connectivity index (χ4v) is 5.50. The van der Waals surface area contributed by atoms with E-state index >= 15 is 0 Å². The summed E-state index contributed by atoms with van der Waals surface area (Å²) in [6.07, 6.45) is 5.43. The van der Waals surface area contributed by atoms with Crippen molar-refractivity contribution < 1.29 is 19.1 Å². The summed E-state index contributed by atoms with van der Waals surface area (Å²) in [4.78, 5) is 41.8. The van der Waals surface area contributed by atoms with Crippen LogP contribution in [0.15, 0.2) is 85.1 Å². The molecule has 0 fully saturated rings. The number of hydrogen-bond donors (Lipinski definition) is 1. The number of fused-ring (bicyclic) bond motifs is 1. The molecule has 0 bridgehead atoms. The molecule has 46 heavy (non-hydrogen) atoms. The van der Waals surface area contributed by atoms with E-state index in [-0.39, 0.29) is 29.8 Å². The highest BCUT2D eigenvalue weighted by Crippen LogP contribution is 2.43. The molecule has 3 aromatic carbocycles. The van der Waals surface area contributed by atoms with Gasteiger partial charge in [0.15, 0.2) is 5.78 Å². The number of anilines is 4. The van der Waals surface area contributed by atoms with Gasteiger partial charge in [0.25, 0.3) is 0 Å². The van der Waals surface area contributed by atoms with E-state index in [4.69, 9.17) is 26.1 Å². The molecule has 238 valence electrons. The maximum atomic E-state index is 14.5. The van der Waals surface area contributed by atoms with Crippen molar-refractivity contribution in [2.75, 3.05) is 50.0 Å². The van der Waals surface area contributed by atoms with Crippen molar-refractivity contribution >= 4 is 46.6 Å². The van der Waals surface area contributed by atoms with Crippen LogP contribution in [0.1, 0.15) is 29.7 Å². The minimum absolute atomic E-state index is 0.00297. The number of ketones is 1. The summed E-state index contributed by atoms with van der Waals surface area (Å²) in [5.74, 6) is 1.70. The largest absolute Gasteiger partial charge is 0.497 e. The van der Waals surface area contributed by atoms with Gasteiger partial charge in [-0.3, -0.25) is 14.6 Å². The van der Waals surface area contributed by atoms with Gasteiger partial charge in [-0.15, -0.1) is 0 Å². The average Bonchev–Trinajstić information content (AvgIpc) is 3.05. The number of urea groups is 1. The van der Waals surface area contributed by atoms with Crippen molar-refractivity contribution in [2.24, 2.45) is 0 Å². The number of nitrogens with zero attached hydrogens (tertiary/aromatic N) is 5. The van der Waals surface area contributed by atoms with Crippen molar-refractivity contribution in [1.29, 1.82) is 0 Å². The van der Waals surface area contributed by atoms with Crippen LogP contribution in [0.5, 0.6) is 11.5 Å². The zero-order chi connectivity index (χ0) is 32.8. The summed E-state index contributed by atoms with van der Waals surface area (Å²) >= 11 is 6.77. The molecule has 1 aromatic heterocycles. The third kappa shape index (κ3) is 7.30. The summed E-state index contributed by atoms with van der Waals surface area (Å²) in [7, 11) is 6.95. The summed E-state index contributed by atoms with van der Waals surface area (Å²) in [6.45, 7) is 2.79. The number of aromatic nitrogens is 2. The summed E-state index contributed by atoms with van der Waals surface area (Å²) in [5.41, 5.74) is 3.66. The summed E-state index contributed by atoms with van der Waals surface area (Å²) in [5, 5.41) is 3.51. The van der Waals surface area contributed by atoms with E-state index in [1.165, 1.54) is 7.11 Å². The number of methoxy groups -OCH3 is 2. The lowest BCUT2D eigenvalue weighted by atomic mass is 10.00. The molecule has 1 aliphatic heterocycles. The summed E-state index contributed by atoms with van der Waals surface area (Å²) in [6, 6.07) is 19.9. The van der Waals surface area contributed by atoms with Crippen molar-refractivity contribution in [3.63, 3.8) is 0 Å². The Morgan fingerprint density at radius 3 is 2.59 bits per heavy atom. The predicted octanol–water partition coefficient (Wildman–Crippen LogP) is 6.83. The molecule has 4 aromatic rings. The lowest BCUT2D eigenvalue weighted by Crippen LogP contribution is -2.49. The molecule has 0 spiro atoms. The van der Waals surface area contributed by atoms with Crippen LogP contribution in [-0.2, 0) is 17.8 Å². The smallest absolute Gasteiger partial charge is 0.331 e. The highest BCUT2D eigenvalue weighted by atomic mass is 35.5. The van der Waals surface area contributed by atoms with Crippen LogP contribution in [0, 0.1) is 0 Å². The maximum absolute atomic E-state index is 14.5. The lowest BCUT2D eigenvalue weighted by molar-refractivity contribution is -0.114. The molecule has 0 radical (unpaired) electrons. The number of allylic oxidation sites excluding steroid dienone is 1. The maximum Gasteiger partial charge on any atom is 0.331 e. The highest BCUT2D eigenvalue weighted by molar-refractivity contribution is 6.35. The number of para-hydroxylation sites is 1. The number of rotatable bonds is 12. The predicted molar refractivity (Wildman–Crippen MR) is 182 cm³/mol. The Balaban J connectivity index is 1.54. The van der Waals surface area contributed by atoms with E-state index < -0.39 is 6.04 Å². The van der Waals surface area contributed by atoms with Crippen molar-refractivity contribution in [2.45, 2.75) is 25.9 Å². The number of carbonyl (C=O) groups is 2. The molecule has 0 aliphatic carbocycles. The van der Waals surface area contributed by atoms with E-state index in [2.05, 4.69) is 10.3 Å². The fraction of sp³-hybridized carbons (Fsp3) is 0.257. The first-order chi connectivity index (χ1) is 22.2. The Labute approximate surface area is 274 Å². The number of ether oxygens (including phenoxy) is 2. The first kappa shape index (κ1) is 32.5. The Morgan fingerprint density at radius 2 is 1.87 bits per heavy atom. The van der Waals surface area contributed by atoms with Gasteiger partial charge < -0.3 is 19.7 Å².